The van der Waals surface area contributed by atoms with Crippen molar-refractivity contribution in [2.75, 3.05) is 11.4 Å². The zero-order valence-electron chi connectivity index (χ0n) is 16.6. The van der Waals surface area contributed by atoms with Crippen LogP contribution in [0.25, 0.3) is 22.4 Å². The molecule has 0 amide bonds. The van der Waals surface area contributed by atoms with Crippen LogP contribution >= 0.6 is 0 Å². The van der Waals surface area contributed by atoms with E-state index in [9.17, 15) is 0 Å². The van der Waals surface area contributed by atoms with Crippen LogP contribution in [0.1, 0.15) is 23.9 Å². The van der Waals surface area contributed by atoms with E-state index in [0.717, 1.165) is 46.1 Å². The van der Waals surface area contributed by atoms with Crippen molar-refractivity contribution in [1.29, 1.82) is 0 Å². The quantitative estimate of drug-likeness (QED) is 0.424. The third-order valence-corrected chi connectivity index (χ3v) is 5.05. The minimum absolute atomic E-state index is 0.839. The average molecular weight is 373 g/mol. The number of anilines is 2. The van der Waals surface area contributed by atoms with Crippen LogP contribution in [0, 0.1) is 20.8 Å². The van der Waals surface area contributed by atoms with E-state index in [1.54, 1.807) is 6.26 Å². The van der Waals surface area contributed by atoms with Gasteiger partial charge >= 0.3 is 0 Å². The standard InChI is InChI=1S/C23H23N3O2/c1-5-26(20-10-8-18(9-11-20)21-12-13-27-25-21)22-14-19(7-6-15(22)2)23-16(3)24-28-17(23)4/h6-14H,5H2,1-4H3. The van der Waals surface area contributed by atoms with E-state index in [2.05, 4.69) is 71.5 Å². The van der Waals surface area contributed by atoms with Crippen LogP contribution in [0.5, 0.6) is 0 Å². The highest BCUT2D eigenvalue weighted by Gasteiger charge is 2.16. The van der Waals surface area contributed by atoms with Gasteiger partial charge in [-0.05, 0) is 57.0 Å². The Bertz CT molecular complexity index is 1060. The van der Waals surface area contributed by atoms with Crippen LogP contribution in [-0.4, -0.2) is 16.9 Å². The molecule has 0 aliphatic heterocycles. The van der Waals surface area contributed by atoms with E-state index in [4.69, 9.17) is 9.05 Å². The van der Waals surface area contributed by atoms with Crippen LogP contribution in [0.15, 0.2) is 63.8 Å². The van der Waals surface area contributed by atoms with Crippen LogP contribution < -0.4 is 4.90 Å². The Morgan fingerprint density at radius 3 is 2.25 bits per heavy atom. The SMILES string of the molecule is CCN(c1ccc(-c2ccon2)cc1)c1cc(-c2c(C)noc2C)ccc1C. The molecule has 0 saturated carbocycles. The maximum absolute atomic E-state index is 5.36. The highest BCUT2D eigenvalue weighted by Crippen LogP contribution is 2.35. The number of hydrogen-bond donors (Lipinski definition) is 0. The minimum Gasteiger partial charge on any atom is -0.364 e. The first-order valence-corrected chi connectivity index (χ1v) is 9.40. The third-order valence-electron chi connectivity index (χ3n) is 5.05. The van der Waals surface area contributed by atoms with Crippen molar-refractivity contribution in [3.05, 3.63) is 71.8 Å². The first-order chi connectivity index (χ1) is 13.6. The summed E-state index contributed by atoms with van der Waals surface area (Å²) in [5.74, 6) is 0.840. The summed E-state index contributed by atoms with van der Waals surface area (Å²) in [5, 5.41) is 8.11. The molecule has 0 aliphatic rings. The van der Waals surface area contributed by atoms with Gasteiger partial charge in [0.05, 0.1) is 5.69 Å². The predicted octanol–water partition coefficient (Wildman–Crippen LogP) is 6.08. The lowest BCUT2D eigenvalue weighted by Gasteiger charge is -2.26. The van der Waals surface area contributed by atoms with Gasteiger partial charge in [-0.15, -0.1) is 0 Å². The second-order valence-corrected chi connectivity index (χ2v) is 6.88. The molecule has 28 heavy (non-hydrogen) atoms. The molecule has 0 N–H and O–H groups in total. The molecule has 5 heteroatoms. The zero-order chi connectivity index (χ0) is 19.7. The summed E-state index contributed by atoms with van der Waals surface area (Å²) in [5.41, 5.74) is 8.50. The summed E-state index contributed by atoms with van der Waals surface area (Å²) in [7, 11) is 0. The molecule has 2 aromatic heterocycles. The minimum atomic E-state index is 0.839. The maximum Gasteiger partial charge on any atom is 0.141 e. The van der Waals surface area contributed by atoms with Gasteiger partial charge in [0.1, 0.15) is 17.7 Å². The molecule has 0 spiro atoms. The molecular formula is C23H23N3O2. The molecule has 0 unspecified atom stereocenters. The van der Waals surface area contributed by atoms with Gasteiger partial charge < -0.3 is 13.9 Å². The van der Waals surface area contributed by atoms with E-state index in [1.807, 2.05) is 19.9 Å². The summed E-state index contributed by atoms with van der Waals surface area (Å²) >= 11 is 0. The smallest absolute Gasteiger partial charge is 0.141 e. The van der Waals surface area contributed by atoms with Gasteiger partial charge in [-0.1, -0.05) is 34.6 Å². The van der Waals surface area contributed by atoms with E-state index in [-0.39, 0.29) is 0 Å². The second kappa shape index (κ2) is 7.35. The summed E-state index contributed by atoms with van der Waals surface area (Å²) < 4.78 is 10.3. The summed E-state index contributed by atoms with van der Waals surface area (Å²) in [6.45, 7) is 9.09. The van der Waals surface area contributed by atoms with Crippen LogP contribution in [0.2, 0.25) is 0 Å². The molecular weight excluding hydrogens is 350 g/mol. The molecule has 2 aromatic carbocycles. The fourth-order valence-corrected chi connectivity index (χ4v) is 3.62. The van der Waals surface area contributed by atoms with E-state index >= 15 is 0 Å². The topological polar surface area (TPSA) is 55.3 Å². The van der Waals surface area contributed by atoms with Crippen molar-refractivity contribution >= 4 is 11.4 Å². The number of aromatic nitrogens is 2. The monoisotopic (exact) mass is 373 g/mol. The van der Waals surface area contributed by atoms with Gasteiger partial charge in [0.15, 0.2) is 0 Å². The van der Waals surface area contributed by atoms with Gasteiger partial charge in [0, 0.05) is 35.1 Å². The molecule has 0 saturated heterocycles. The molecule has 142 valence electrons. The van der Waals surface area contributed by atoms with Crippen molar-refractivity contribution in [1.82, 2.24) is 10.3 Å². The fraction of sp³-hybridized carbons (Fsp3) is 0.217. The van der Waals surface area contributed by atoms with Gasteiger partial charge in [-0.25, -0.2) is 0 Å². The summed E-state index contributed by atoms with van der Waals surface area (Å²) in [6, 6.07) is 16.8. The van der Waals surface area contributed by atoms with E-state index < -0.39 is 0 Å². The van der Waals surface area contributed by atoms with Gasteiger partial charge in [-0.3, -0.25) is 0 Å². The van der Waals surface area contributed by atoms with Crippen molar-refractivity contribution in [3.8, 4) is 22.4 Å². The molecule has 4 aromatic rings. The normalized spacial score (nSPS) is 11.0. The van der Waals surface area contributed by atoms with Gasteiger partial charge in [-0.2, -0.15) is 0 Å². The highest BCUT2D eigenvalue weighted by atomic mass is 16.5. The average Bonchev–Trinajstić information content (AvgIpc) is 3.35. The van der Waals surface area contributed by atoms with Crippen molar-refractivity contribution in [2.45, 2.75) is 27.7 Å². The Morgan fingerprint density at radius 1 is 0.893 bits per heavy atom. The largest absolute Gasteiger partial charge is 0.364 e. The first kappa shape index (κ1) is 18.0. The Morgan fingerprint density at radius 2 is 1.64 bits per heavy atom. The van der Waals surface area contributed by atoms with Crippen molar-refractivity contribution < 1.29 is 9.05 Å². The lowest BCUT2D eigenvalue weighted by molar-refractivity contribution is 0.393. The first-order valence-electron chi connectivity index (χ1n) is 9.40. The van der Waals surface area contributed by atoms with Gasteiger partial charge in [0.25, 0.3) is 0 Å². The predicted molar refractivity (Wildman–Crippen MR) is 111 cm³/mol. The highest BCUT2D eigenvalue weighted by molar-refractivity contribution is 5.77. The number of nitrogens with zero attached hydrogens (tertiary/aromatic N) is 3. The molecule has 0 fully saturated rings. The number of aryl methyl sites for hydroxylation is 3. The van der Waals surface area contributed by atoms with Crippen LogP contribution in [-0.2, 0) is 0 Å². The molecule has 2 heterocycles. The maximum atomic E-state index is 5.36. The Hall–Kier alpha value is -3.34. The summed E-state index contributed by atoms with van der Waals surface area (Å²) in [4.78, 5) is 2.31. The second-order valence-electron chi connectivity index (χ2n) is 6.88. The van der Waals surface area contributed by atoms with E-state index in [1.165, 1.54) is 11.3 Å². The molecule has 4 rings (SSSR count). The van der Waals surface area contributed by atoms with Gasteiger partial charge in [0.2, 0.25) is 0 Å². The number of hydrogen-bond acceptors (Lipinski definition) is 5. The third kappa shape index (κ3) is 3.20. The summed E-state index contributed by atoms with van der Waals surface area (Å²) in [6.07, 6.45) is 1.59. The molecule has 0 radical (unpaired) electrons. The van der Waals surface area contributed by atoms with Crippen molar-refractivity contribution in [2.24, 2.45) is 0 Å². The fourth-order valence-electron chi connectivity index (χ4n) is 3.62. The van der Waals surface area contributed by atoms with Crippen LogP contribution in [0.3, 0.4) is 0 Å². The molecule has 0 aliphatic carbocycles. The van der Waals surface area contributed by atoms with Crippen LogP contribution in [0.4, 0.5) is 11.4 Å². The van der Waals surface area contributed by atoms with Crippen molar-refractivity contribution in [3.63, 3.8) is 0 Å². The van der Waals surface area contributed by atoms with E-state index in [0.29, 0.717) is 0 Å². The Balaban J connectivity index is 1.73. The molecule has 0 bridgehead atoms. The Labute approximate surface area is 164 Å². The number of rotatable bonds is 5. The lowest BCUT2D eigenvalue weighted by atomic mass is 10.0. The number of benzene rings is 2. The molecule has 5 nitrogen and oxygen atoms in total. The molecule has 0 atom stereocenters. The zero-order valence-corrected chi connectivity index (χ0v) is 16.6. The Kier molecular flexibility index (Phi) is 4.74. The lowest BCUT2D eigenvalue weighted by Crippen LogP contribution is -2.17.